The number of hydrogen-bond donors (Lipinski definition) is 3. The summed E-state index contributed by atoms with van der Waals surface area (Å²) in [4.78, 5) is 11.7. The number of nitrogens with two attached hydrogens (primary N) is 1. The molecule has 0 aliphatic heterocycles. The number of nitrogens with zero attached hydrogens (tertiary/aromatic N) is 1. The molecule has 1 heterocycles. The van der Waals surface area contributed by atoms with Gasteiger partial charge in [-0.1, -0.05) is 0 Å². The first-order valence-electron chi connectivity index (χ1n) is 5.37. The molecular formula is C12H15N3O2. The lowest BCUT2D eigenvalue weighted by molar-refractivity contribution is 0.311. The third-order valence-corrected chi connectivity index (χ3v) is 2.70. The molecule has 0 fully saturated rings. The molecule has 0 radical (unpaired) electrons. The van der Waals surface area contributed by atoms with Crippen molar-refractivity contribution in [2.75, 3.05) is 24.2 Å². The summed E-state index contributed by atoms with van der Waals surface area (Å²) in [6.45, 7) is 0.413. The number of aliphatic hydroxyl groups excluding tert-OH is 1. The lowest BCUT2D eigenvalue weighted by atomic mass is 10.1. The average molecular weight is 233 g/mol. The number of nitrogen functional groups attached to an aromatic ring is 1. The van der Waals surface area contributed by atoms with Crippen molar-refractivity contribution in [1.29, 1.82) is 0 Å². The van der Waals surface area contributed by atoms with Crippen LogP contribution in [-0.4, -0.2) is 22.8 Å². The Kier molecular flexibility index (Phi) is 3.01. The number of pyridine rings is 1. The minimum atomic E-state index is -0.0947. The Bertz CT molecular complexity index is 604. The predicted molar refractivity (Wildman–Crippen MR) is 69.2 cm³/mol. The van der Waals surface area contributed by atoms with Gasteiger partial charge < -0.3 is 20.7 Å². The number of fused-ring (bicyclic) bond motifs is 1. The van der Waals surface area contributed by atoms with Gasteiger partial charge in [-0.05, 0) is 18.2 Å². The largest absolute Gasteiger partial charge is 0.399 e. The van der Waals surface area contributed by atoms with E-state index in [4.69, 9.17) is 10.8 Å². The van der Waals surface area contributed by atoms with Crippen molar-refractivity contribution in [3.05, 3.63) is 34.6 Å². The van der Waals surface area contributed by atoms with E-state index in [2.05, 4.69) is 5.32 Å². The van der Waals surface area contributed by atoms with Gasteiger partial charge in [0.1, 0.15) is 0 Å². The van der Waals surface area contributed by atoms with Crippen LogP contribution >= 0.6 is 0 Å². The summed E-state index contributed by atoms with van der Waals surface area (Å²) in [5.74, 6) is 0. The standard InChI is InChI=1S/C12H15N3O2/c1-15-11-3-2-8(13)6-9(11)10(7-12(15)17)14-4-5-16/h2-3,6-7,14,16H,4-5,13H2,1H3. The van der Waals surface area contributed by atoms with Gasteiger partial charge in [-0.2, -0.15) is 0 Å². The van der Waals surface area contributed by atoms with E-state index >= 15 is 0 Å². The summed E-state index contributed by atoms with van der Waals surface area (Å²) < 4.78 is 1.57. The molecule has 0 atom stereocenters. The Balaban J connectivity index is 2.69. The summed E-state index contributed by atoms with van der Waals surface area (Å²) >= 11 is 0. The van der Waals surface area contributed by atoms with Crippen LogP contribution in [0.1, 0.15) is 0 Å². The molecule has 0 saturated heterocycles. The third-order valence-electron chi connectivity index (χ3n) is 2.70. The fraction of sp³-hybridized carbons (Fsp3) is 0.250. The maximum absolute atomic E-state index is 11.7. The maximum Gasteiger partial charge on any atom is 0.252 e. The summed E-state index contributed by atoms with van der Waals surface area (Å²) in [6, 6.07) is 6.90. The molecule has 0 aliphatic rings. The molecule has 1 aromatic carbocycles. The van der Waals surface area contributed by atoms with Crippen LogP contribution in [0.5, 0.6) is 0 Å². The number of aromatic nitrogens is 1. The SMILES string of the molecule is Cn1c(=O)cc(NCCO)c2cc(N)ccc21. The molecule has 0 amide bonds. The maximum atomic E-state index is 11.7. The molecule has 0 bridgehead atoms. The van der Waals surface area contributed by atoms with Crippen molar-refractivity contribution < 1.29 is 5.11 Å². The Hall–Kier alpha value is -2.01. The number of benzene rings is 1. The molecule has 0 saturated carbocycles. The average Bonchev–Trinajstić information content (AvgIpc) is 2.32. The highest BCUT2D eigenvalue weighted by atomic mass is 16.3. The van der Waals surface area contributed by atoms with Gasteiger partial charge in [-0.3, -0.25) is 4.79 Å². The highest BCUT2D eigenvalue weighted by Gasteiger charge is 2.06. The molecule has 0 unspecified atom stereocenters. The van der Waals surface area contributed by atoms with Gasteiger partial charge in [-0.15, -0.1) is 0 Å². The van der Waals surface area contributed by atoms with Crippen LogP contribution < -0.4 is 16.6 Å². The number of rotatable bonds is 3. The van der Waals surface area contributed by atoms with E-state index < -0.39 is 0 Å². The van der Waals surface area contributed by atoms with Crippen molar-refractivity contribution >= 4 is 22.3 Å². The van der Waals surface area contributed by atoms with E-state index in [0.29, 0.717) is 17.9 Å². The second-order valence-corrected chi connectivity index (χ2v) is 3.88. The number of nitrogens with one attached hydrogen (secondary N) is 1. The first-order chi connectivity index (χ1) is 8.13. The molecule has 0 aliphatic carbocycles. The van der Waals surface area contributed by atoms with Crippen LogP contribution in [0.2, 0.25) is 0 Å². The molecule has 2 aromatic rings. The zero-order valence-corrected chi connectivity index (χ0v) is 9.60. The fourth-order valence-corrected chi connectivity index (χ4v) is 1.82. The molecule has 4 N–H and O–H groups in total. The Labute approximate surface area is 98.5 Å². The van der Waals surface area contributed by atoms with E-state index in [1.807, 2.05) is 12.1 Å². The van der Waals surface area contributed by atoms with Crippen molar-refractivity contribution in [1.82, 2.24) is 4.57 Å². The number of aryl methyl sites for hydroxylation is 1. The molecule has 1 aromatic heterocycles. The Morgan fingerprint density at radius 1 is 1.41 bits per heavy atom. The normalized spacial score (nSPS) is 10.7. The minimum absolute atomic E-state index is 0.0129. The van der Waals surface area contributed by atoms with Gasteiger partial charge in [0.15, 0.2) is 0 Å². The third kappa shape index (κ3) is 2.09. The van der Waals surface area contributed by atoms with E-state index in [9.17, 15) is 4.79 Å². The monoisotopic (exact) mass is 233 g/mol. The van der Waals surface area contributed by atoms with E-state index in [0.717, 1.165) is 10.9 Å². The van der Waals surface area contributed by atoms with Crippen LogP contribution in [-0.2, 0) is 7.05 Å². The van der Waals surface area contributed by atoms with Crippen LogP contribution in [0.4, 0.5) is 11.4 Å². The Morgan fingerprint density at radius 3 is 2.88 bits per heavy atom. The fourth-order valence-electron chi connectivity index (χ4n) is 1.82. The smallest absolute Gasteiger partial charge is 0.252 e. The Morgan fingerprint density at radius 2 is 2.18 bits per heavy atom. The van der Waals surface area contributed by atoms with E-state index in [-0.39, 0.29) is 12.2 Å². The van der Waals surface area contributed by atoms with Gasteiger partial charge in [0.2, 0.25) is 0 Å². The van der Waals surface area contributed by atoms with Crippen molar-refractivity contribution in [2.45, 2.75) is 0 Å². The second kappa shape index (κ2) is 4.47. The van der Waals surface area contributed by atoms with Gasteiger partial charge in [0.25, 0.3) is 5.56 Å². The highest BCUT2D eigenvalue weighted by molar-refractivity contribution is 5.93. The van der Waals surface area contributed by atoms with Crippen LogP contribution in [0.25, 0.3) is 10.9 Å². The number of anilines is 2. The summed E-state index contributed by atoms with van der Waals surface area (Å²) in [7, 11) is 1.72. The minimum Gasteiger partial charge on any atom is -0.399 e. The lowest BCUT2D eigenvalue weighted by Gasteiger charge is -2.11. The van der Waals surface area contributed by atoms with E-state index in [1.54, 1.807) is 17.7 Å². The quantitative estimate of drug-likeness (QED) is 0.675. The first kappa shape index (κ1) is 11.5. The first-order valence-corrected chi connectivity index (χ1v) is 5.37. The molecule has 5 heteroatoms. The molecule has 2 rings (SSSR count). The highest BCUT2D eigenvalue weighted by Crippen LogP contribution is 2.23. The van der Waals surface area contributed by atoms with Crippen LogP contribution in [0.15, 0.2) is 29.1 Å². The van der Waals surface area contributed by atoms with Crippen LogP contribution in [0, 0.1) is 0 Å². The zero-order valence-electron chi connectivity index (χ0n) is 9.60. The number of aliphatic hydroxyl groups is 1. The predicted octanol–water partition coefficient (Wildman–Crippen LogP) is 0.525. The topological polar surface area (TPSA) is 80.3 Å². The summed E-state index contributed by atoms with van der Waals surface area (Å²) in [5.41, 5.74) is 7.80. The second-order valence-electron chi connectivity index (χ2n) is 3.88. The van der Waals surface area contributed by atoms with E-state index in [1.165, 1.54) is 6.07 Å². The van der Waals surface area contributed by atoms with Crippen molar-refractivity contribution in [3.63, 3.8) is 0 Å². The molecular weight excluding hydrogens is 218 g/mol. The van der Waals surface area contributed by atoms with Crippen LogP contribution in [0.3, 0.4) is 0 Å². The summed E-state index contributed by atoms with van der Waals surface area (Å²) in [6.07, 6.45) is 0. The lowest BCUT2D eigenvalue weighted by Crippen LogP contribution is -2.18. The van der Waals surface area contributed by atoms with Gasteiger partial charge in [0, 0.05) is 36.4 Å². The van der Waals surface area contributed by atoms with Crippen molar-refractivity contribution in [2.24, 2.45) is 7.05 Å². The van der Waals surface area contributed by atoms with Crippen molar-refractivity contribution in [3.8, 4) is 0 Å². The van der Waals surface area contributed by atoms with Gasteiger partial charge >= 0.3 is 0 Å². The van der Waals surface area contributed by atoms with Gasteiger partial charge in [0.05, 0.1) is 12.1 Å². The molecule has 17 heavy (non-hydrogen) atoms. The van der Waals surface area contributed by atoms with Gasteiger partial charge in [-0.25, -0.2) is 0 Å². The number of hydrogen-bond acceptors (Lipinski definition) is 4. The zero-order chi connectivity index (χ0) is 12.4. The molecule has 5 nitrogen and oxygen atoms in total. The molecule has 0 spiro atoms. The molecule has 90 valence electrons. The summed E-state index contributed by atoms with van der Waals surface area (Å²) in [5, 5.41) is 12.7.